The summed E-state index contributed by atoms with van der Waals surface area (Å²) in [6.07, 6.45) is 0. The molecule has 2 nitrogen and oxygen atoms in total. The van der Waals surface area contributed by atoms with Crippen LogP contribution in [0, 0.1) is 0 Å². The fraction of sp³-hybridized carbons (Fsp3) is 0. The van der Waals surface area contributed by atoms with Gasteiger partial charge in [-0.3, -0.25) is 0 Å². The molecule has 0 aliphatic carbocycles. The number of thiophene rings is 4. The maximum Gasteiger partial charge on any atom is 0.0727 e. The Kier molecular flexibility index (Phi) is 13.1. The molecule has 20 rings (SSSR count). The molecule has 0 spiro atoms. The van der Waals surface area contributed by atoms with E-state index < -0.39 is 0 Å². The molecule has 0 saturated heterocycles. The maximum atomic E-state index is 2.45. The number of benzene rings is 14. The van der Waals surface area contributed by atoms with Crippen LogP contribution in [0.1, 0.15) is 0 Å². The van der Waals surface area contributed by atoms with Crippen molar-refractivity contribution in [2.24, 2.45) is 0 Å². The molecule has 6 aromatic heterocycles. The van der Waals surface area contributed by atoms with Gasteiger partial charge in [0.15, 0.2) is 0 Å². The van der Waals surface area contributed by atoms with E-state index in [-0.39, 0.29) is 0 Å². The van der Waals surface area contributed by atoms with Crippen molar-refractivity contribution in [3.05, 3.63) is 328 Å². The number of aromatic nitrogens is 2. The lowest BCUT2D eigenvalue weighted by atomic mass is 9.93. The average Bonchev–Trinajstić information content (AvgIpc) is 1.57. The average molecular weight is 1270 g/mol. The molecule has 94 heavy (non-hydrogen) atoms. The minimum absolute atomic E-state index is 1.19. The van der Waals surface area contributed by atoms with E-state index in [9.17, 15) is 0 Å². The first-order chi connectivity index (χ1) is 46.6. The molecular weight excluding hydrogens is 1210 g/mol. The molecule has 440 valence electrons. The van der Waals surface area contributed by atoms with Gasteiger partial charge in [-0.25, -0.2) is 0 Å². The molecule has 0 aliphatic heterocycles. The number of para-hydroxylation sites is 4. The molecule has 6 heteroatoms. The van der Waals surface area contributed by atoms with Gasteiger partial charge in [0.1, 0.15) is 0 Å². The Morgan fingerprint density at radius 3 is 1.11 bits per heavy atom. The van der Waals surface area contributed by atoms with Crippen LogP contribution in [0.5, 0.6) is 0 Å². The van der Waals surface area contributed by atoms with Crippen LogP contribution in [-0.4, -0.2) is 9.13 Å². The summed E-state index contributed by atoms with van der Waals surface area (Å²) >= 11 is 7.59. The summed E-state index contributed by atoms with van der Waals surface area (Å²) in [6, 6.07) is 120. The van der Waals surface area contributed by atoms with Gasteiger partial charge in [-0.2, -0.15) is 0 Å². The summed E-state index contributed by atoms with van der Waals surface area (Å²) in [5.74, 6) is 0. The summed E-state index contributed by atoms with van der Waals surface area (Å²) in [5, 5.41) is 10.5. The third-order valence-electron chi connectivity index (χ3n) is 18.8. The van der Waals surface area contributed by atoms with Crippen molar-refractivity contribution >= 4 is 148 Å². The normalized spacial score (nSPS) is 11.8. The third-order valence-corrected chi connectivity index (χ3v) is 23.6. The van der Waals surface area contributed by atoms with Gasteiger partial charge in [0, 0.05) is 88.2 Å². The molecule has 20 aromatic rings. The summed E-state index contributed by atoms with van der Waals surface area (Å²) in [7, 11) is 0. The second-order valence-electron chi connectivity index (χ2n) is 24.2. The summed E-state index contributed by atoms with van der Waals surface area (Å²) in [6.45, 7) is 0. The van der Waals surface area contributed by atoms with Crippen molar-refractivity contribution in [2.75, 3.05) is 0 Å². The summed E-state index contributed by atoms with van der Waals surface area (Å²) < 4.78 is 15.5. The number of rotatable bonds is 8. The van der Waals surface area contributed by atoms with Gasteiger partial charge in [0.05, 0.1) is 31.5 Å². The molecule has 0 aliphatic rings. The highest BCUT2D eigenvalue weighted by Crippen LogP contribution is 2.50. The van der Waals surface area contributed by atoms with E-state index in [0.717, 1.165) is 0 Å². The molecule has 0 fully saturated rings. The number of hydrogen-bond acceptors (Lipinski definition) is 4. The Morgan fingerprint density at radius 1 is 0.181 bits per heavy atom. The first kappa shape index (κ1) is 54.7. The second kappa shape index (κ2) is 22.4. The Hall–Kier alpha value is -11.0. The number of fused-ring (bicyclic) bond motifs is 16. The first-order valence-corrected chi connectivity index (χ1v) is 35.1. The topological polar surface area (TPSA) is 9.86 Å². The molecule has 0 saturated carbocycles. The van der Waals surface area contributed by atoms with Gasteiger partial charge in [-0.1, -0.05) is 255 Å². The Bertz CT molecular complexity index is 6340. The largest absolute Gasteiger partial charge is 0.308 e. The minimum atomic E-state index is 1.19. The maximum absolute atomic E-state index is 2.45. The van der Waals surface area contributed by atoms with Crippen LogP contribution in [0.2, 0.25) is 0 Å². The van der Waals surface area contributed by atoms with E-state index in [0.29, 0.717) is 0 Å². The molecule has 14 aromatic carbocycles. The van der Waals surface area contributed by atoms with Crippen LogP contribution in [-0.2, 0) is 0 Å². The summed E-state index contributed by atoms with van der Waals surface area (Å²) in [5.41, 5.74) is 22.6. The van der Waals surface area contributed by atoms with Gasteiger partial charge in [-0.15, -0.1) is 45.3 Å². The van der Waals surface area contributed by atoms with Gasteiger partial charge in [-0.05, 0) is 134 Å². The standard InChI is InChI=1S/2C44H27NS2/c1-3-13-28(14-4-1)32-20-11-22-35-36-23-12-21-34(43(36)47-42(32)35)33-18-8-7-17-31(33)29-25-26-40-38(27-29)41-44(46-40)37-19-9-10-24-39(37)45(41)30-15-5-2-6-16-30;1-3-11-28(12-4-1)29-19-22-35-36-23-20-31(27-42(36)46-41(35)26-29)34-16-8-7-15-33(34)30-21-24-40-38(25-30)43-44(47-40)37-17-9-10-18-39(37)45(43)32-13-5-2-6-14-32/h2*1-27H. The molecule has 0 N–H and O–H groups in total. The van der Waals surface area contributed by atoms with Gasteiger partial charge >= 0.3 is 0 Å². The SMILES string of the molecule is c1ccc(-c2ccc3c(c2)sc2cc(-c4ccccc4-c4ccc5sc6c7ccccc7n(-c7ccccc7)c6c5c4)ccc23)cc1.c1ccc(-c2cccc3c2sc2c(-c4ccccc4-c4ccc5sc6c7ccccc7n(-c7ccccc7)c6c5c4)cccc23)cc1. The fourth-order valence-corrected chi connectivity index (χ4v) is 19.5. The summed E-state index contributed by atoms with van der Waals surface area (Å²) in [4.78, 5) is 0. The van der Waals surface area contributed by atoms with E-state index in [4.69, 9.17) is 0 Å². The zero-order valence-corrected chi connectivity index (χ0v) is 54.0. The minimum Gasteiger partial charge on any atom is -0.308 e. The highest BCUT2D eigenvalue weighted by atomic mass is 32.1. The van der Waals surface area contributed by atoms with E-state index in [2.05, 4.69) is 337 Å². The van der Waals surface area contributed by atoms with Crippen LogP contribution >= 0.6 is 45.3 Å². The predicted molar refractivity (Wildman–Crippen MR) is 411 cm³/mol. The predicted octanol–water partition coefficient (Wildman–Crippen LogP) is 26.7. The fourth-order valence-electron chi connectivity index (χ4n) is 14.6. The Balaban J connectivity index is 0.000000133. The van der Waals surface area contributed by atoms with Crippen molar-refractivity contribution in [3.8, 4) is 78.1 Å². The van der Waals surface area contributed by atoms with Gasteiger partial charge in [0.2, 0.25) is 0 Å². The van der Waals surface area contributed by atoms with E-state index >= 15 is 0 Å². The first-order valence-electron chi connectivity index (χ1n) is 31.9. The van der Waals surface area contributed by atoms with Crippen molar-refractivity contribution in [1.29, 1.82) is 0 Å². The zero-order chi connectivity index (χ0) is 61.8. The third kappa shape index (κ3) is 8.94. The quantitative estimate of drug-likeness (QED) is 0.143. The lowest BCUT2D eigenvalue weighted by Gasteiger charge is -2.12. The van der Waals surface area contributed by atoms with Crippen molar-refractivity contribution < 1.29 is 0 Å². The van der Waals surface area contributed by atoms with Crippen LogP contribution in [0.3, 0.4) is 0 Å². The number of nitrogens with zero attached hydrogens (tertiary/aromatic N) is 2. The van der Waals surface area contributed by atoms with Crippen molar-refractivity contribution in [3.63, 3.8) is 0 Å². The smallest absolute Gasteiger partial charge is 0.0727 e. The molecule has 0 bridgehead atoms. The van der Waals surface area contributed by atoms with E-state index in [1.165, 1.54) is 181 Å². The highest BCUT2D eigenvalue weighted by molar-refractivity contribution is 7.28. The van der Waals surface area contributed by atoms with Crippen molar-refractivity contribution in [2.45, 2.75) is 0 Å². The van der Waals surface area contributed by atoms with Gasteiger partial charge < -0.3 is 9.13 Å². The lowest BCUT2D eigenvalue weighted by molar-refractivity contribution is 1.19. The van der Waals surface area contributed by atoms with Crippen LogP contribution in [0.4, 0.5) is 0 Å². The molecule has 0 atom stereocenters. The molecular formula is C88H54N2S4. The van der Waals surface area contributed by atoms with E-state index in [1.54, 1.807) is 0 Å². The molecule has 0 radical (unpaired) electrons. The molecule has 0 amide bonds. The van der Waals surface area contributed by atoms with Crippen LogP contribution < -0.4 is 0 Å². The lowest BCUT2D eigenvalue weighted by Crippen LogP contribution is -1.93. The Morgan fingerprint density at radius 2 is 0.564 bits per heavy atom. The van der Waals surface area contributed by atoms with E-state index in [1.807, 2.05) is 45.3 Å². The number of hydrogen-bond donors (Lipinski definition) is 0. The van der Waals surface area contributed by atoms with Crippen molar-refractivity contribution in [1.82, 2.24) is 9.13 Å². The molecule has 6 heterocycles. The van der Waals surface area contributed by atoms with Crippen LogP contribution in [0.15, 0.2) is 328 Å². The van der Waals surface area contributed by atoms with Gasteiger partial charge in [0.25, 0.3) is 0 Å². The zero-order valence-electron chi connectivity index (χ0n) is 50.7. The second-order valence-corrected chi connectivity index (χ2v) is 28.4. The Labute approximate surface area is 558 Å². The van der Waals surface area contributed by atoms with Crippen LogP contribution in [0.25, 0.3) is 181 Å². The molecule has 0 unspecified atom stereocenters. The monoisotopic (exact) mass is 1270 g/mol. The highest BCUT2D eigenvalue weighted by Gasteiger charge is 2.23.